The molecule has 2 aliphatic rings. The number of benzene rings is 1. The number of aromatic nitrogens is 2. The van der Waals surface area contributed by atoms with E-state index in [1.165, 1.54) is 0 Å². The Labute approximate surface area is 161 Å². The number of para-hydroxylation sites is 1. The molecule has 2 aromatic heterocycles. The van der Waals surface area contributed by atoms with E-state index < -0.39 is 5.41 Å². The van der Waals surface area contributed by atoms with Crippen molar-refractivity contribution >= 4 is 17.5 Å². The Morgan fingerprint density at radius 3 is 2.93 bits per heavy atom. The second kappa shape index (κ2) is 6.09. The van der Waals surface area contributed by atoms with Crippen LogP contribution in [0.5, 0.6) is 0 Å². The molecule has 5 rings (SSSR count). The van der Waals surface area contributed by atoms with Crippen LogP contribution >= 0.6 is 0 Å². The Kier molecular flexibility index (Phi) is 3.65. The molecule has 0 aliphatic carbocycles. The van der Waals surface area contributed by atoms with Crippen molar-refractivity contribution in [3.8, 4) is 11.5 Å². The normalized spacial score (nSPS) is 21.0. The smallest absolute Gasteiger partial charge is 0.274 e. The summed E-state index contributed by atoms with van der Waals surface area (Å²) < 4.78 is 5.59. The number of carbonyl (C=O) groups is 2. The molecule has 1 saturated heterocycles. The summed E-state index contributed by atoms with van der Waals surface area (Å²) in [6.07, 6.45) is 1.50. The number of amides is 2. The van der Waals surface area contributed by atoms with Crippen molar-refractivity contribution in [1.29, 1.82) is 0 Å². The molecule has 2 aliphatic heterocycles. The zero-order valence-corrected chi connectivity index (χ0v) is 15.5. The lowest BCUT2D eigenvalue weighted by atomic mass is 9.75. The van der Waals surface area contributed by atoms with E-state index in [-0.39, 0.29) is 11.8 Å². The van der Waals surface area contributed by atoms with Crippen LogP contribution in [-0.4, -0.2) is 40.0 Å². The highest BCUT2D eigenvalue weighted by Gasteiger charge is 2.50. The van der Waals surface area contributed by atoms with Gasteiger partial charge >= 0.3 is 0 Å². The van der Waals surface area contributed by atoms with Crippen molar-refractivity contribution < 1.29 is 14.0 Å². The van der Waals surface area contributed by atoms with Crippen LogP contribution in [0.3, 0.4) is 0 Å². The molecule has 4 heterocycles. The van der Waals surface area contributed by atoms with Crippen LogP contribution in [0.25, 0.3) is 11.5 Å². The Hall–Kier alpha value is -3.35. The number of fused-ring (bicyclic) bond motifs is 2. The number of aryl methyl sites for hydroxylation is 1. The largest absolute Gasteiger partial charge is 0.460 e. The molecule has 1 atom stereocenters. The molecule has 1 spiro atoms. The molecule has 2 amide bonds. The summed E-state index contributed by atoms with van der Waals surface area (Å²) in [5.74, 6) is 1.23. The Morgan fingerprint density at radius 2 is 2.11 bits per heavy atom. The van der Waals surface area contributed by atoms with Crippen LogP contribution in [0, 0.1) is 6.92 Å². The molecule has 1 unspecified atom stereocenters. The number of piperidine rings is 1. The maximum atomic E-state index is 13.1. The van der Waals surface area contributed by atoms with Crippen LogP contribution in [0.15, 0.2) is 46.9 Å². The predicted octanol–water partition coefficient (Wildman–Crippen LogP) is 3.10. The molecule has 7 nitrogen and oxygen atoms in total. The maximum Gasteiger partial charge on any atom is 0.274 e. The fourth-order valence-electron chi connectivity index (χ4n) is 4.31. The van der Waals surface area contributed by atoms with E-state index in [2.05, 4.69) is 15.5 Å². The molecule has 2 N–H and O–H groups in total. The number of hydrogen-bond acceptors (Lipinski definition) is 4. The number of carbonyl (C=O) groups excluding carboxylic acids is 2. The Morgan fingerprint density at radius 1 is 1.25 bits per heavy atom. The number of H-pyrrole nitrogens is 1. The third kappa shape index (κ3) is 2.46. The van der Waals surface area contributed by atoms with Crippen molar-refractivity contribution in [2.75, 3.05) is 18.4 Å². The monoisotopic (exact) mass is 376 g/mol. The van der Waals surface area contributed by atoms with Gasteiger partial charge in [-0.25, -0.2) is 0 Å². The van der Waals surface area contributed by atoms with Gasteiger partial charge in [0.1, 0.15) is 11.5 Å². The maximum absolute atomic E-state index is 13.1. The van der Waals surface area contributed by atoms with Crippen LogP contribution < -0.4 is 5.32 Å². The van der Waals surface area contributed by atoms with Gasteiger partial charge in [-0.2, -0.15) is 5.10 Å². The number of anilines is 1. The zero-order chi connectivity index (χ0) is 19.3. The van der Waals surface area contributed by atoms with E-state index in [0.29, 0.717) is 30.2 Å². The molecule has 7 heteroatoms. The number of nitrogens with one attached hydrogen (secondary N) is 2. The predicted molar refractivity (Wildman–Crippen MR) is 103 cm³/mol. The molecule has 142 valence electrons. The van der Waals surface area contributed by atoms with Crippen molar-refractivity contribution in [2.24, 2.45) is 0 Å². The minimum atomic E-state index is -0.679. The number of hydrogen-bond donors (Lipinski definition) is 2. The van der Waals surface area contributed by atoms with E-state index in [1.54, 1.807) is 11.0 Å². The van der Waals surface area contributed by atoms with Crippen molar-refractivity contribution in [2.45, 2.75) is 25.2 Å². The molecule has 0 bridgehead atoms. The number of nitrogens with zero attached hydrogens (tertiary/aromatic N) is 2. The minimum Gasteiger partial charge on any atom is -0.460 e. The van der Waals surface area contributed by atoms with E-state index in [4.69, 9.17) is 4.42 Å². The Balaban J connectivity index is 1.42. The molecule has 0 saturated carbocycles. The van der Waals surface area contributed by atoms with Gasteiger partial charge in [0.05, 0.1) is 5.41 Å². The standard InChI is InChI=1S/C21H20N4O3/c1-13-7-8-18(28-13)16-11-17(24-23-16)19(26)25-10-4-9-21(12-25)14-5-2-3-6-15(14)22-20(21)27/h2-3,5-8,11H,4,9-10,12H2,1H3,(H,22,27)(H,23,24). The number of likely N-dealkylation sites (tertiary alicyclic amines) is 1. The second-order valence-electron chi connectivity index (χ2n) is 7.49. The van der Waals surface area contributed by atoms with Crippen molar-refractivity contribution in [1.82, 2.24) is 15.1 Å². The van der Waals surface area contributed by atoms with Crippen LogP contribution in [0.1, 0.15) is 34.7 Å². The molecule has 0 radical (unpaired) electrons. The van der Waals surface area contributed by atoms with Gasteiger partial charge < -0.3 is 14.6 Å². The summed E-state index contributed by atoms with van der Waals surface area (Å²) in [6, 6.07) is 13.1. The molecular formula is C21H20N4O3. The van der Waals surface area contributed by atoms with Gasteiger partial charge in [0.25, 0.3) is 5.91 Å². The first-order chi connectivity index (χ1) is 13.6. The van der Waals surface area contributed by atoms with E-state index in [0.717, 1.165) is 29.9 Å². The molecule has 1 fully saturated rings. The third-order valence-electron chi connectivity index (χ3n) is 5.71. The fourth-order valence-corrected chi connectivity index (χ4v) is 4.31. The first-order valence-electron chi connectivity index (χ1n) is 9.39. The summed E-state index contributed by atoms with van der Waals surface area (Å²) in [6.45, 7) is 2.83. The minimum absolute atomic E-state index is 0.0278. The van der Waals surface area contributed by atoms with E-state index in [1.807, 2.05) is 43.3 Å². The summed E-state index contributed by atoms with van der Waals surface area (Å²) in [5.41, 5.74) is 2.13. The molecule has 3 aromatic rings. The highest BCUT2D eigenvalue weighted by atomic mass is 16.3. The quantitative estimate of drug-likeness (QED) is 0.719. The molecule has 28 heavy (non-hydrogen) atoms. The number of rotatable bonds is 2. The zero-order valence-electron chi connectivity index (χ0n) is 15.5. The first-order valence-corrected chi connectivity index (χ1v) is 9.39. The lowest BCUT2D eigenvalue weighted by Crippen LogP contribution is -2.51. The average Bonchev–Trinajstić information content (AvgIpc) is 3.41. The Bertz CT molecular complexity index is 1080. The van der Waals surface area contributed by atoms with E-state index in [9.17, 15) is 9.59 Å². The summed E-state index contributed by atoms with van der Waals surface area (Å²) >= 11 is 0. The van der Waals surface area contributed by atoms with E-state index >= 15 is 0 Å². The van der Waals surface area contributed by atoms with Crippen LogP contribution in [-0.2, 0) is 10.2 Å². The lowest BCUT2D eigenvalue weighted by Gasteiger charge is -2.38. The summed E-state index contributed by atoms with van der Waals surface area (Å²) in [4.78, 5) is 27.6. The fraction of sp³-hybridized carbons (Fsp3) is 0.286. The second-order valence-corrected chi connectivity index (χ2v) is 7.49. The lowest BCUT2D eigenvalue weighted by molar-refractivity contribution is -0.122. The van der Waals surface area contributed by atoms with Crippen molar-refractivity contribution in [3.63, 3.8) is 0 Å². The first kappa shape index (κ1) is 16.8. The number of furan rings is 1. The summed E-state index contributed by atoms with van der Waals surface area (Å²) in [5, 5.41) is 10.0. The number of aromatic amines is 1. The van der Waals surface area contributed by atoms with Crippen LogP contribution in [0.4, 0.5) is 5.69 Å². The average molecular weight is 376 g/mol. The molecular weight excluding hydrogens is 356 g/mol. The van der Waals surface area contributed by atoms with Gasteiger partial charge in [0, 0.05) is 24.8 Å². The van der Waals surface area contributed by atoms with Gasteiger partial charge in [0.2, 0.25) is 5.91 Å². The molecule has 1 aromatic carbocycles. The topological polar surface area (TPSA) is 91.2 Å². The van der Waals surface area contributed by atoms with Gasteiger partial charge in [-0.05, 0) is 43.5 Å². The summed E-state index contributed by atoms with van der Waals surface area (Å²) in [7, 11) is 0. The highest BCUT2D eigenvalue weighted by molar-refractivity contribution is 6.07. The highest BCUT2D eigenvalue weighted by Crippen LogP contribution is 2.43. The van der Waals surface area contributed by atoms with Crippen LogP contribution in [0.2, 0.25) is 0 Å². The van der Waals surface area contributed by atoms with Gasteiger partial charge in [-0.1, -0.05) is 18.2 Å². The van der Waals surface area contributed by atoms with Gasteiger partial charge in [-0.15, -0.1) is 0 Å². The third-order valence-corrected chi connectivity index (χ3v) is 5.71. The van der Waals surface area contributed by atoms with Gasteiger partial charge in [-0.3, -0.25) is 14.7 Å². The van der Waals surface area contributed by atoms with Crippen molar-refractivity contribution in [3.05, 3.63) is 59.5 Å². The SMILES string of the molecule is Cc1ccc(-c2cc(C(=O)N3CCCC4(C3)C(=O)Nc3ccccc34)n[nH]2)o1. The van der Waals surface area contributed by atoms with Gasteiger partial charge in [0.15, 0.2) is 11.5 Å².